The molecular formula is C16H20N2O2. The van der Waals surface area contributed by atoms with E-state index in [1.807, 2.05) is 24.4 Å². The summed E-state index contributed by atoms with van der Waals surface area (Å²) in [6.45, 7) is 0.886. The van der Waals surface area contributed by atoms with E-state index in [-0.39, 0.29) is 5.97 Å². The lowest BCUT2D eigenvalue weighted by molar-refractivity contribution is -0.140. The van der Waals surface area contributed by atoms with E-state index in [1.54, 1.807) is 0 Å². The molecule has 0 spiro atoms. The highest BCUT2D eigenvalue weighted by atomic mass is 16.5. The number of aromatic nitrogens is 1. The number of anilines is 1. The summed E-state index contributed by atoms with van der Waals surface area (Å²) in [5.41, 5.74) is 2.07. The largest absolute Gasteiger partial charge is 0.469 e. The van der Waals surface area contributed by atoms with Crippen LogP contribution in [0, 0.1) is 0 Å². The summed E-state index contributed by atoms with van der Waals surface area (Å²) < 4.78 is 4.61. The number of benzene rings is 1. The molecule has 0 radical (unpaired) electrons. The number of methoxy groups -OCH3 is 1. The number of hydrogen-bond acceptors (Lipinski definition) is 4. The lowest BCUT2D eigenvalue weighted by Gasteiger charge is -2.08. The Kier molecular flexibility index (Phi) is 5.35. The second-order valence-corrected chi connectivity index (χ2v) is 4.69. The van der Waals surface area contributed by atoms with Crippen molar-refractivity contribution in [3.63, 3.8) is 0 Å². The molecule has 0 bridgehead atoms. The maximum Gasteiger partial charge on any atom is 0.305 e. The highest BCUT2D eigenvalue weighted by molar-refractivity contribution is 5.90. The van der Waals surface area contributed by atoms with Gasteiger partial charge in [0.1, 0.15) is 0 Å². The molecule has 0 saturated heterocycles. The molecule has 20 heavy (non-hydrogen) atoms. The van der Waals surface area contributed by atoms with Crippen molar-refractivity contribution in [2.75, 3.05) is 19.0 Å². The van der Waals surface area contributed by atoms with E-state index in [1.165, 1.54) is 7.11 Å². The highest BCUT2D eigenvalue weighted by Gasteiger charge is 2.01. The Morgan fingerprint density at radius 3 is 2.90 bits per heavy atom. The smallest absolute Gasteiger partial charge is 0.305 e. The molecule has 0 fully saturated rings. The number of hydrogen-bond donors (Lipinski definition) is 1. The van der Waals surface area contributed by atoms with Crippen molar-refractivity contribution in [2.45, 2.75) is 25.7 Å². The quantitative estimate of drug-likeness (QED) is 0.620. The van der Waals surface area contributed by atoms with Gasteiger partial charge in [-0.25, -0.2) is 0 Å². The minimum atomic E-state index is -0.129. The molecular weight excluding hydrogens is 252 g/mol. The fourth-order valence-corrected chi connectivity index (χ4v) is 2.14. The minimum absolute atomic E-state index is 0.129. The van der Waals surface area contributed by atoms with Crippen LogP contribution in [0.5, 0.6) is 0 Å². The number of fused-ring (bicyclic) bond motifs is 1. The third kappa shape index (κ3) is 3.95. The summed E-state index contributed by atoms with van der Waals surface area (Å²) in [5.74, 6) is -0.129. The number of esters is 1. The van der Waals surface area contributed by atoms with Gasteiger partial charge in [0.15, 0.2) is 0 Å². The van der Waals surface area contributed by atoms with Crippen molar-refractivity contribution in [1.29, 1.82) is 0 Å². The molecule has 2 aromatic rings. The molecule has 106 valence electrons. The van der Waals surface area contributed by atoms with E-state index in [4.69, 9.17) is 0 Å². The second-order valence-electron chi connectivity index (χ2n) is 4.69. The Balaban J connectivity index is 1.77. The van der Waals surface area contributed by atoms with E-state index >= 15 is 0 Å². The molecule has 1 aromatic heterocycles. The van der Waals surface area contributed by atoms with Gasteiger partial charge < -0.3 is 10.1 Å². The topological polar surface area (TPSA) is 51.2 Å². The van der Waals surface area contributed by atoms with Crippen molar-refractivity contribution >= 4 is 22.6 Å². The van der Waals surface area contributed by atoms with Crippen molar-refractivity contribution in [3.05, 3.63) is 36.5 Å². The fraction of sp³-hybridized carbons (Fsp3) is 0.375. The predicted octanol–water partition coefficient (Wildman–Crippen LogP) is 3.38. The molecule has 1 N–H and O–H groups in total. The fourth-order valence-electron chi connectivity index (χ4n) is 2.14. The van der Waals surface area contributed by atoms with Crippen LogP contribution < -0.4 is 5.32 Å². The van der Waals surface area contributed by atoms with Gasteiger partial charge in [-0.2, -0.15) is 0 Å². The molecule has 1 aromatic carbocycles. The van der Waals surface area contributed by atoms with Crippen molar-refractivity contribution in [3.8, 4) is 0 Å². The van der Waals surface area contributed by atoms with Crippen LogP contribution in [0.1, 0.15) is 25.7 Å². The Morgan fingerprint density at radius 1 is 1.20 bits per heavy atom. The van der Waals surface area contributed by atoms with Gasteiger partial charge in [0.05, 0.1) is 18.3 Å². The van der Waals surface area contributed by atoms with E-state index < -0.39 is 0 Å². The third-order valence-corrected chi connectivity index (χ3v) is 3.23. The first kappa shape index (κ1) is 14.3. The highest BCUT2D eigenvalue weighted by Crippen LogP contribution is 2.20. The molecule has 0 amide bonds. The zero-order valence-corrected chi connectivity index (χ0v) is 11.8. The molecule has 0 aliphatic carbocycles. The van der Waals surface area contributed by atoms with Gasteiger partial charge in [-0.1, -0.05) is 24.6 Å². The maximum absolute atomic E-state index is 11.0. The van der Waals surface area contributed by atoms with Crippen LogP contribution in [0.2, 0.25) is 0 Å². The maximum atomic E-state index is 11.0. The molecule has 0 aliphatic rings. The number of ether oxygens (including phenoxy) is 1. The number of pyridine rings is 1. The van der Waals surface area contributed by atoms with Crippen LogP contribution in [0.4, 0.5) is 5.69 Å². The lowest BCUT2D eigenvalue weighted by atomic mass is 10.1. The Labute approximate surface area is 119 Å². The van der Waals surface area contributed by atoms with Gasteiger partial charge in [0, 0.05) is 24.5 Å². The number of rotatable bonds is 7. The van der Waals surface area contributed by atoms with E-state index in [9.17, 15) is 4.79 Å². The minimum Gasteiger partial charge on any atom is -0.469 e. The summed E-state index contributed by atoms with van der Waals surface area (Å²) in [7, 11) is 1.43. The van der Waals surface area contributed by atoms with Crippen molar-refractivity contribution in [1.82, 2.24) is 4.98 Å². The molecule has 4 nitrogen and oxygen atoms in total. The van der Waals surface area contributed by atoms with E-state index in [0.717, 1.165) is 42.4 Å². The lowest BCUT2D eigenvalue weighted by Crippen LogP contribution is -2.04. The molecule has 0 saturated carbocycles. The summed E-state index contributed by atoms with van der Waals surface area (Å²) in [6.07, 6.45) is 5.23. The number of nitrogens with one attached hydrogen (secondary N) is 1. The summed E-state index contributed by atoms with van der Waals surface area (Å²) in [6, 6.07) is 10.1. The molecule has 1 heterocycles. The van der Waals surface area contributed by atoms with E-state index in [0.29, 0.717) is 6.42 Å². The zero-order valence-electron chi connectivity index (χ0n) is 11.8. The molecule has 0 unspecified atom stereocenters. The Hall–Kier alpha value is -2.10. The summed E-state index contributed by atoms with van der Waals surface area (Å²) in [4.78, 5) is 15.4. The first-order valence-corrected chi connectivity index (χ1v) is 6.95. The standard InChI is InChI=1S/C16H20N2O2/c1-20-15(19)10-3-2-4-11-17-14-9-5-7-13-8-6-12-18-16(13)14/h5-9,12,17H,2-4,10-11H2,1H3. The predicted molar refractivity (Wildman–Crippen MR) is 80.7 cm³/mol. The van der Waals surface area contributed by atoms with Gasteiger partial charge in [-0.15, -0.1) is 0 Å². The van der Waals surface area contributed by atoms with Crippen LogP contribution in [0.25, 0.3) is 10.9 Å². The van der Waals surface area contributed by atoms with Gasteiger partial charge in [-0.05, 0) is 25.0 Å². The first-order chi connectivity index (χ1) is 9.81. The monoisotopic (exact) mass is 272 g/mol. The van der Waals surface area contributed by atoms with Crippen LogP contribution >= 0.6 is 0 Å². The number of para-hydroxylation sites is 1. The summed E-state index contributed by atoms with van der Waals surface area (Å²) in [5, 5.41) is 4.55. The molecule has 4 heteroatoms. The van der Waals surface area contributed by atoms with Gasteiger partial charge in [0.25, 0.3) is 0 Å². The normalized spacial score (nSPS) is 10.4. The van der Waals surface area contributed by atoms with Crippen LogP contribution in [-0.4, -0.2) is 24.6 Å². The number of nitrogens with zero attached hydrogens (tertiary/aromatic N) is 1. The van der Waals surface area contributed by atoms with Crippen LogP contribution in [-0.2, 0) is 9.53 Å². The van der Waals surface area contributed by atoms with E-state index in [2.05, 4.69) is 27.2 Å². The first-order valence-electron chi connectivity index (χ1n) is 6.95. The van der Waals surface area contributed by atoms with Crippen molar-refractivity contribution < 1.29 is 9.53 Å². The molecule has 0 atom stereocenters. The Morgan fingerprint density at radius 2 is 2.05 bits per heavy atom. The van der Waals surface area contributed by atoms with Gasteiger partial charge in [-0.3, -0.25) is 9.78 Å². The molecule has 2 rings (SSSR count). The second kappa shape index (κ2) is 7.48. The van der Waals surface area contributed by atoms with Crippen molar-refractivity contribution in [2.24, 2.45) is 0 Å². The Bertz CT molecular complexity index is 564. The zero-order chi connectivity index (χ0) is 14.2. The van der Waals surface area contributed by atoms with Gasteiger partial charge in [0.2, 0.25) is 0 Å². The number of unbranched alkanes of at least 4 members (excludes halogenated alkanes) is 2. The average molecular weight is 272 g/mol. The average Bonchev–Trinajstić information content (AvgIpc) is 2.50. The number of carbonyl (C=O) groups excluding carboxylic acids is 1. The third-order valence-electron chi connectivity index (χ3n) is 3.23. The van der Waals surface area contributed by atoms with Crippen LogP contribution in [0.3, 0.4) is 0 Å². The SMILES string of the molecule is COC(=O)CCCCCNc1cccc2cccnc12. The molecule has 0 aliphatic heterocycles. The van der Waals surface area contributed by atoms with Crippen LogP contribution in [0.15, 0.2) is 36.5 Å². The number of carbonyl (C=O) groups is 1. The van der Waals surface area contributed by atoms with Gasteiger partial charge >= 0.3 is 5.97 Å². The summed E-state index contributed by atoms with van der Waals surface area (Å²) >= 11 is 0.